The fraction of sp³-hybridized carbons (Fsp3) is 0.167. The number of likely N-dealkylation sites (N-methyl/N-ethyl adjacent to an activating group) is 1. The quantitative estimate of drug-likeness (QED) is 0.427. The lowest BCUT2D eigenvalue weighted by molar-refractivity contribution is -0.138. The van der Waals surface area contributed by atoms with Crippen LogP contribution in [0, 0.1) is 0 Å². The number of hydrogen-bond donors (Lipinski definition) is 0. The van der Waals surface area contributed by atoms with Gasteiger partial charge in [0.2, 0.25) is 0 Å². The Morgan fingerprint density at radius 2 is 2.03 bits per heavy atom. The van der Waals surface area contributed by atoms with Crippen molar-refractivity contribution in [3.05, 3.63) is 95.8 Å². The van der Waals surface area contributed by atoms with Crippen molar-refractivity contribution in [2.75, 3.05) is 18.6 Å². The SMILES string of the molecule is C=CCOC(=O)C1=C(C)N=c2sc(=C3C(=O)N(C)c4ccccc43)c(=O)n2C1c1cccs1. The van der Waals surface area contributed by atoms with Gasteiger partial charge in [0.05, 0.1) is 22.5 Å². The summed E-state index contributed by atoms with van der Waals surface area (Å²) in [6.07, 6.45) is 1.49. The minimum atomic E-state index is -0.683. The summed E-state index contributed by atoms with van der Waals surface area (Å²) in [5, 5.41) is 1.89. The summed E-state index contributed by atoms with van der Waals surface area (Å²) in [6, 6.07) is 10.4. The number of esters is 1. The monoisotopic (exact) mass is 477 g/mol. The highest BCUT2D eigenvalue weighted by Crippen LogP contribution is 2.35. The van der Waals surface area contributed by atoms with Crippen LogP contribution < -0.4 is 19.8 Å². The maximum Gasteiger partial charge on any atom is 0.338 e. The normalized spacial score (nSPS) is 18.7. The molecule has 33 heavy (non-hydrogen) atoms. The summed E-state index contributed by atoms with van der Waals surface area (Å²) < 4.78 is 7.14. The van der Waals surface area contributed by atoms with Crippen LogP contribution in [0.1, 0.15) is 23.4 Å². The highest BCUT2D eigenvalue weighted by Gasteiger charge is 2.36. The van der Waals surface area contributed by atoms with Crippen molar-refractivity contribution in [3.8, 4) is 0 Å². The Balaban J connectivity index is 1.80. The molecule has 0 saturated heterocycles. The van der Waals surface area contributed by atoms with Crippen molar-refractivity contribution >= 4 is 45.8 Å². The van der Waals surface area contributed by atoms with E-state index in [1.165, 1.54) is 33.3 Å². The number of benzene rings is 1. The van der Waals surface area contributed by atoms with E-state index in [1.807, 2.05) is 41.8 Å². The van der Waals surface area contributed by atoms with Gasteiger partial charge in [-0.2, -0.15) is 0 Å². The average Bonchev–Trinajstić information content (AvgIpc) is 3.50. The zero-order chi connectivity index (χ0) is 23.3. The van der Waals surface area contributed by atoms with E-state index in [2.05, 4.69) is 11.6 Å². The number of fused-ring (bicyclic) bond motifs is 2. The first-order chi connectivity index (χ1) is 15.9. The molecular formula is C24H19N3O4S2. The van der Waals surface area contributed by atoms with Gasteiger partial charge in [-0.15, -0.1) is 11.3 Å². The van der Waals surface area contributed by atoms with Gasteiger partial charge < -0.3 is 9.64 Å². The third-order valence-electron chi connectivity index (χ3n) is 5.64. The molecule has 4 heterocycles. The molecule has 3 aromatic rings. The number of nitrogens with zero attached hydrogens (tertiary/aromatic N) is 3. The first-order valence-corrected chi connectivity index (χ1v) is 11.9. The van der Waals surface area contributed by atoms with Crippen molar-refractivity contribution in [1.29, 1.82) is 0 Å². The molecule has 166 valence electrons. The number of aromatic nitrogens is 1. The molecule has 1 amide bonds. The van der Waals surface area contributed by atoms with Crippen LogP contribution >= 0.6 is 22.7 Å². The van der Waals surface area contributed by atoms with Crippen molar-refractivity contribution in [2.24, 2.45) is 4.99 Å². The van der Waals surface area contributed by atoms with E-state index in [0.717, 1.165) is 10.6 Å². The smallest absolute Gasteiger partial charge is 0.338 e. The molecule has 0 bridgehead atoms. The Labute approximate surface area is 196 Å². The maximum absolute atomic E-state index is 13.8. The second-order valence-corrected chi connectivity index (χ2v) is 9.52. The van der Waals surface area contributed by atoms with E-state index in [4.69, 9.17) is 4.74 Å². The summed E-state index contributed by atoms with van der Waals surface area (Å²) in [5.74, 6) is -0.787. The van der Waals surface area contributed by atoms with Crippen LogP contribution in [-0.2, 0) is 14.3 Å². The molecule has 0 radical (unpaired) electrons. The Morgan fingerprint density at radius 3 is 2.76 bits per heavy atom. The number of hydrogen-bond acceptors (Lipinski definition) is 7. The molecular weight excluding hydrogens is 458 g/mol. The van der Waals surface area contributed by atoms with Gasteiger partial charge in [-0.1, -0.05) is 48.3 Å². The number of ether oxygens (including phenoxy) is 1. The first kappa shape index (κ1) is 21.3. The minimum absolute atomic E-state index is 0.0545. The number of thiophene rings is 1. The molecule has 9 heteroatoms. The fourth-order valence-electron chi connectivity index (χ4n) is 4.15. The molecule has 0 spiro atoms. The fourth-order valence-corrected chi connectivity index (χ4v) is 6.11. The summed E-state index contributed by atoms with van der Waals surface area (Å²) in [5.41, 5.74) is 2.26. The topological polar surface area (TPSA) is 81.0 Å². The standard InChI is InChI=1S/C24H19N3O4S2/c1-4-11-31-23(30)17-13(2)25-24-27(19(17)16-10-7-12-32-16)22(29)20(33-24)18-14-8-5-6-9-15(14)26(3)21(18)28/h4-10,12,19H,1,11H2,2-3H3. The van der Waals surface area contributed by atoms with E-state index in [-0.39, 0.29) is 18.1 Å². The van der Waals surface area contributed by atoms with Gasteiger partial charge in [0, 0.05) is 17.5 Å². The van der Waals surface area contributed by atoms with Gasteiger partial charge in [0.25, 0.3) is 11.5 Å². The first-order valence-electron chi connectivity index (χ1n) is 10.2. The van der Waals surface area contributed by atoms with Crippen LogP contribution in [0.3, 0.4) is 0 Å². The number of carbonyl (C=O) groups is 2. The van der Waals surface area contributed by atoms with E-state index >= 15 is 0 Å². The van der Waals surface area contributed by atoms with Gasteiger partial charge in [0.15, 0.2) is 4.80 Å². The lowest BCUT2D eigenvalue weighted by Gasteiger charge is -2.23. The summed E-state index contributed by atoms with van der Waals surface area (Å²) in [4.78, 5) is 47.2. The molecule has 1 atom stereocenters. The molecule has 5 rings (SSSR count). The predicted molar refractivity (Wildman–Crippen MR) is 128 cm³/mol. The number of allylic oxidation sites excluding steroid dienone is 1. The number of anilines is 1. The van der Waals surface area contributed by atoms with E-state index in [1.54, 1.807) is 18.9 Å². The Bertz CT molecular complexity index is 1530. The van der Waals surface area contributed by atoms with Crippen LogP contribution in [0.15, 0.2) is 75.5 Å². The van der Waals surface area contributed by atoms with Crippen molar-refractivity contribution in [3.63, 3.8) is 0 Å². The molecule has 0 saturated carbocycles. The highest BCUT2D eigenvalue weighted by molar-refractivity contribution is 7.10. The maximum atomic E-state index is 13.8. The number of amides is 1. The van der Waals surface area contributed by atoms with Gasteiger partial charge in [-0.25, -0.2) is 9.79 Å². The molecule has 2 aromatic heterocycles. The van der Waals surface area contributed by atoms with Crippen LogP contribution in [0.25, 0.3) is 5.57 Å². The van der Waals surface area contributed by atoms with Crippen LogP contribution in [-0.4, -0.2) is 30.1 Å². The van der Waals surface area contributed by atoms with Crippen LogP contribution in [0.2, 0.25) is 0 Å². The zero-order valence-electron chi connectivity index (χ0n) is 17.9. The zero-order valence-corrected chi connectivity index (χ0v) is 19.5. The van der Waals surface area contributed by atoms with Crippen molar-refractivity contribution in [2.45, 2.75) is 13.0 Å². The van der Waals surface area contributed by atoms with Gasteiger partial charge >= 0.3 is 5.97 Å². The van der Waals surface area contributed by atoms with Gasteiger partial charge in [-0.3, -0.25) is 14.2 Å². The minimum Gasteiger partial charge on any atom is -0.458 e. The molecule has 0 aliphatic carbocycles. The van der Waals surface area contributed by atoms with Gasteiger partial charge in [0.1, 0.15) is 17.2 Å². The van der Waals surface area contributed by atoms with Gasteiger partial charge in [-0.05, 0) is 24.4 Å². The second kappa shape index (κ2) is 8.09. The second-order valence-electron chi connectivity index (χ2n) is 7.56. The number of thiazole rings is 1. The summed E-state index contributed by atoms with van der Waals surface area (Å²) in [7, 11) is 1.69. The summed E-state index contributed by atoms with van der Waals surface area (Å²) >= 11 is 2.61. The lowest BCUT2D eigenvalue weighted by atomic mass is 10.0. The summed E-state index contributed by atoms with van der Waals surface area (Å²) in [6.45, 7) is 5.37. The number of para-hydroxylation sites is 1. The van der Waals surface area contributed by atoms with Crippen LogP contribution in [0.5, 0.6) is 0 Å². The van der Waals surface area contributed by atoms with E-state index < -0.39 is 12.0 Å². The molecule has 0 fully saturated rings. The highest BCUT2D eigenvalue weighted by atomic mass is 32.1. The Hall–Kier alpha value is -3.56. The van der Waals surface area contributed by atoms with Crippen LogP contribution in [0.4, 0.5) is 5.69 Å². The predicted octanol–water partition coefficient (Wildman–Crippen LogP) is 2.37. The largest absolute Gasteiger partial charge is 0.458 e. The molecule has 7 nitrogen and oxygen atoms in total. The third kappa shape index (κ3) is 3.23. The number of rotatable bonds is 4. The molecule has 0 N–H and O–H groups in total. The molecule has 1 unspecified atom stereocenters. The Kier molecular flexibility index (Phi) is 5.22. The van der Waals surface area contributed by atoms with Crippen molar-refractivity contribution < 1.29 is 14.3 Å². The van der Waals surface area contributed by atoms with E-state index in [0.29, 0.717) is 31.7 Å². The number of carbonyl (C=O) groups excluding carboxylic acids is 2. The van der Waals surface area contributed by atoms with Crippen molar-refractivity contribution in [1.82, 2.24) is 4.57 Å². The third-order valence-corrected chi connectivity index (χ3v) is 7.62. The average molecular weight is 478 g/mol. The molecule has 2 aliphatic heterocycles. The Morgan fingerprint density at radius 1 is 1.24 bits per heavy atom. The molecule has 1 aromatic carbocycles. The van der Waals surface area contributed by atoms with E-state index in [9.17, 15) is 14.4 Å². The molecule has 2 aliphatic rings. The lowest BCUT2D eigenvalue weighted by Crippen LogP contribution is -2.40.